The fourth-order valence-corrected chi connectivity index (χ4v) is 3.56. The van der Waals surface area contributed by atoms with Crippen LogP contribution in [0.15, 0.2) is 30.3 Å². The van der Waals surface area contributed by atoms with Crippen LogP contribution in [0.2, 0.25) is 0 Å². The van der Waals surface area contributed by atoms with E-state index in [2.05, 4.69) is 5.32 Å². The van der Waals surface area contributed by atoms with E-state index in [1.807, 2.05) is 35.2 Å². The molecule has 1 aliphatic heterocycles. The van der Waals surface area contributed by atoms with Crippen molar-refractivity contribution in [1.82, 2.24) is 10.2 Å². The van der Waals surface area contributed by atoms with Crippen LogP contribution in [0.4, 0.5) is 0 Å². The fourth-order valence-electron chi connectivity index (χ4n) is 3.00. The molecule has 2 rings (SSSR count). The summed E-state index contributed by atoms with van der Waals surface area (Å²) in [5, 5.41) is 11.4. The molecule has 1 aromatic carbocycles. The van der Waals surface area contributed by atoms with E-state index in [1.54, 1.807) is 0 Å². The average molecular weight is 378 g/mol. The van der Waals surface area contributed by atoms with Crippen LogP contribution in [-0.2, 0) is 20.8 Å². The number of nitrogens with one attached hydrogen (secondary N) is 1. The molecular weight excluding hydrogens is 352 g/mol. The number of piperidine rings is 1. The monoisotopic (exact) mass is 378 g/mol. The number of rotatable bonds is 9. The van der Waals surface area contributed by atoms with Gasteiger partial charge in [0.1, 0.15) is 0 Å². The minimum atomic E-state index is -0.842. The van der Waals surface area contributed by atoms with Crippen LogP contribution < -0.4 is 5.32 Å². The molecule has 0 unspecified atom stereocenters. The molecule has 1 heterocycles. The van der Waals surface area contributed by atoms with Crippen molar-refractivity contribution in [1.29, 1.82) is 0 Å². The number of aryl methyl sites for hydroxylation is 1. The molecule has 0 saturated carbocycles. The number of likely N-dealkylation sites (tertiary alicyclic amines) is 1. The van der Waals surface area contributed by atoms with Crippen molar-refractivity contribution in [2.45, 2.75) is 25.7 Å². The Labute approximate surface area is 158 Å². The van der Waals surface area contributed by atoms with Gasteiger partial charge in [-0.1, -0.05) is 30.3 Å². The van der Waals surface area contributed by atoms with E-state index in [0.29, 0.717) is 44.6 Å². The van der Waals surface area contributed by atoms with Gasteiger partial charge in [0, 0.05) is 37.7 Å². The van der Waals surface area contributed by atoms with Crippen LogP contribution in [0.1, 0.15) is 24.8 Å². The van der Waals surface area contributed by atoms with Gasteiger partial charge in [0.05, 0.1) is 5.75 Å². The highest BCUT2D eigenvalue weighted by molar-refractivity contribution is 7.99. The van der Waals surface area contributed by atoms with Crippen molar-refractivity contribution in [2.24, 2.45) is 5.92 Å². The van der Waals surface area contributed by atoms with Crippen LogP contribution in [0.5, 0.6) is 0 Å². The number of carboxylic acids is 1. The highest BCUT2D eigenvalue weighted by atomic mass is 32.2. The van der Waals surface area contributed by atoms with Gasteiger partial charge in [0.2, 0.25) is 11.8 Å². The second-order valence-electron chi connectivity index (χ2n) is 6.38. The van der Waals surface area contributed by atoms with Crippen molar-refractivity contribution in [3.8, 4) is 0 Å². The SMILES string of the molecule is O=C(O)CSCCNC(=O)C1CCN(C(=O)CCc2ccccc2)CC1. The number of carbonyl (C=O) groups excluding carboxylic acids is 2. The highest BCUT2D eigenvalue weighted by Crippen LogP contribution is 2.18. The molecule has 1 aromatic rings. The number of amides is 2. The Bertz CT molecular complexity index is 601. The van der Waals surface area contributed by atoms with Gasteiger partial charge in [-0.15, -0.1) is 11.8 Å². The zero-order valence-corrected chi connectivity index (χ0v) is 15.7. The summed E-state index contributed by atoms with van der Waals surface area (Å²) >= 11 is 1.29. The van der Waals surface area contributed by atoms with Gasteiger partial charge in [-0.05, 0) is 24.8 Å². The Morgan fingerprint density at radius 1 is 1.15 bits per heavy atom. The largest absolute Gasteiger partial charge is 0.481 e. The van der Waals surface area contributed by atoms with Crippen LogP contribution >= 0.6 is 11.8 Å². The topological polar surface area (TPSA) is 86.7 Å². The second kappa shape index (κ2) is 10.9. The third kappa shape index (κ3) is 7.07. The summed E-state index contributed by atoms with van der Waals surface area (Å²) in [5.74, 6) is -0.0906. The summed E-state index contributed by atoms with van der Waals surface area (Å²) in [7, 11) is 0. The normalized spacial score (nSPS) is 14.8. The Morgan fingerprint density at radius 2 is 1.85 bits per heavy atom. The maximum atomic E-state index is 12.3. The van der Waals surface area contributed by atoms with Gasteiger partial charge in [-0.25, -0.2) is 0 Å². The molecule has 0 bridgehead atoms. The number of benzene rings is 1. The average Bonchev–Trinajstić information content (AvgIpc) is 2.66. The van der Waals surface area contributed by atoms with Crippen molar-refractivity contribution < 1.29 is 19.5 Å². The quantitative estimate of drug-likeness (QED) is 0.640. The predicted octanol–water partition coefficient (Wildman–Crippen LogP) is 1.79. The number of hydrogen-bond acceptors (Lipinski definition) is 4. The maximum absolute atomic E-state index is 12.3. The highest BCUT2D eigenvalue weighted by Gasteiger charge is 2.26. The molecule has 26 heavy (non-hydrogen) atoms. The molecule has 0 atom stereocenters. The summed E-state index contributed by atoms with van der Waals surface area (Å²) in [6.45, 7) is 1.73. The van der Waals surface area contributed by atoms with Crippen LogP contribution in [0.3, 0.4) is 0 Å². The number of carbonyl (C=O) groups is 3. The molecule has 7 heteroatoms. The summed E-state index contributed by atoms with van der Waals surface area (Å²) in [4.78, 5) is 36.7. The first-order chi connectivity index (χ1) is 12.6. The molecule has 0 aromatic heterocycles. The Kier molecular flexibility index (Phi) is 8.47. The first kappa shape index (κ1) is 20.3. The van der Waals surface area contributed by atoms with Gasteiger partial charge in [0.25, 0.3) is 0 Å². The molecule has 0 aliphatic carbocycles. The minimum Gasteiger partial charge on any atom is -0.481 e. The van der Waals surface area contributed by atoms with Crippen molar-refractivity contribution >= 4 is 29.5 Å². The molecule has 6 nitrogen and oxygen atoms in total. The number of hydrogen-bond donors (Lipinski definition) is 2. The Hall–Kier alpha value is -2.02. The smallest absolute Gasteiger partial charge is 0.313 e. The van der Waals surface area contributed by atoms with Crippen molar-refractivity contribution in [3.63, 3.8) is 0 Å². The van der Waals surface area contributed by atoms with Gasteiger partial charge < -0.3 is 15.3 Å². The summed E-state index contributed by atoms with van der Waals surface area (Å²) in [5.41, 5.74) is 1.16. The zero-order chi connectivity index (χ0) is 18.8. The maximum Gasteiger partial charge on any atom is 0.313 e. The Balaban J connectivity index is 1.62. The van der Waals surface area contributed by atoms with E-state index in [9.17, 15) is 14.4 Å². The standard InChI is InChI=1S/C19H26N2O4S/c22-17(7-6-15-4-2-1-3-5-15)21-11-8-16(9-12-21)19(25)20-10-13-26-14-18(23)24/h1-5,16H,6-14H2,(H,20,25)(H,23,24). The second-order valence-corrected chi connectivity index (χ2v) is 7.48. The predicted molar refractivity (Wildman–Crippen MR) is 102 cm³/mol. The summed E-state index contributed by atoms with van der Waals surface area (Å²) in [6, 6.07) is 9.97. The van der Waals surface area contributed by atoms with Gasteiger partial charge in [-0.2, -0.15) is 0 Å². The van der Waals surface area contributed by atoms with E-state index in [4.69, 9.17) is 5.11 Å². The number of thioether (sulfide) groups is 1. The molecule has 1 aliphatic rings. The molecule has 2 N–H and O–H groups in total. The van der Waals surface area contributed by atoms with E-state index >= 15 is 0 Å². The van der Waals surface area contributed by atoms with E-state index in [1.165, 1.54) is 11.8 Å². The lowest BCUT2D eigenvalue weighted by molar-refractivity contribution is -0.135. The molecule has 1 fully saturated rings. The fraction of sp³-hybridized carbons (Fsp3) is 0.526. The molecule has 2 amide bonds. The van der Waals surface area contributed by atoms with Gasteiger partial charge in [0.15, 0.2) is 0 Å². The first-order valence-corrected chi connectivity index (χ1v) is 10.1. The molecule has 1 saturated heterocycles. The summed E-state index contributed by atoms with van der Waals surface area (Å²) < 4.78 is 0. The zero-order valence-electron chi connectivity index (χ0n) is 14.9. The third-order valence-corrected chi connectivity index (χ3v) is 5.40. The van der Waals surface area contributed by atoms with E-state index < -0.39 is 5.97 Å². The minimum absolute atomic E-state index is 0.0114. The van der Waals surface area contributed by atoms with Crippen LogP contribution in [0.25, 0.3) is 0 Å². The summed E-state index contributed by atoms with van der Waals surface area (Å²) in [6.07, 6.45) is 2.62. The number of aliphatic carboxylic acids is 1. The first-order valence-electron chi connectivity index (χ1n) is 8.95. The molecule has 142 valence electrons. The lowest BCUT2D eigenvalue weighted by Crippen LogP contribution is -2.43. The number of nitrogens with zero attached hydrogens (tertiary/aromatic N) is 1. The van der Waals surface area contributed by atoms with Crippen molar-refractivity contribution in [3.05, 3.63) is 35.9 Å². The van der Waals surface area contributed by atoms with Crippen LogP contribution in [-0.4, -0.2) is 58.9 Å². The molecule has 0 radical (unpaired) electrons. The lowest BCUT2D eigenvalue weighted by atomic mass is 9.95. The Morgan fingerprint density at radius 3 is 2.50 bits per heavy atom. The van der Waals surface area contributed by atoms with E-state index in [0.717, 1.165) is 12.0 Å². The molecular formula is C19H26N2O4S. The third-order valence-electron chi connectivity index (χ3n) is 4.46. The number of carboxylic acid groups (broad SMARTS) is 1. The van der Waals surface area contributed by atoms with Crippen LogP contribution in [0, 0.1) is 5.92 Å². The molecule has 0 spiro atoms. The van der Waals surface area contributed by atoms with Gasteiger partial charge >= 0.3 is 5.97 Å². The van der Waals surface area contributed by atoms with Gasteiger partial charge in [-0.3, -0.25) is 14.4 Å². The lowest BCUT2D eigenvalue weighted by Gasteiger charge is -2.31. The van der Waals surface area contributed by atoms with E-state index in [-0.39, 0.29) is 23.5 Å². The van der Waals surface area contributed by atoms with Crippen molar-refractivity contribution in [2.75, 3.05) is 31.1 Å².